The van der Waals surface area contributed by atoms with Crippen molar-refractivity contribution >= 4 is 28.4 Å². The number of ether oxygens (including phenoxy) is 1. The number of amides is 3. The molecule has 1 aliphatic heterocycles. The molecule has 3 amide bonds. The number of carbonyl (C=O) groups is 2. The number of methoxy groups -OCH3 is 1. The number of piperidine rings is 1. The minimum Gasteiger partial charge on any atom is -0.496 e. The number of rotatable bonds is 7. The summed E-state index contributed by atoms with van der Waals surface area (Å²) >= 11 is 1.37. The SMILES string of the molecule is CCN(CC)C(=O)N1CCC(C(=O)Nc2nnc(Cc3ccccc3OC)s2)CC1. The molecule has 1 aliphatic rings. The van der Waals surface area contributed by atoms with Gasteiger partial charge in [-0.05, 0) is 32.8 Å². The highest BCUT2D eigenvalue weighted by Gasteiger charge is 2.29. The zero-order valence-corrected chi connectivity index (χ0v) is 18.6. The highest BCUT2D eigenvalue weighted by Crippen LogP contribution is 2.25. The maximum absolute atomic E-state index is 12.7. The predicted molar refractivity (Wildman–Crippen MR) is 117 cm³/mol. The maximum atomic E-state index is 12.7. The van der Waals surface area contributed by atoms with Crippen molar-refractivity contribution in [1.29, 1.82) is 0 Å². The van der Waals surface area contributed by atoms with Gasteiger partial charge in [0, 0.05) is 44.1 Å². The Kier molecular flexibility index (Phi) is 7.62. The predicted octanol–water partition coefficient (Wildman–Crippen LogP) is 3.25. The number of carbonyl (C=O) groups excluding carboxylic acids is 2. The van der Waals surface area contributed by atoms with E-state index in [0.717, 1.165) is 16.3 Å². The van der Waals surface area contributed by atoms with E-state index in [2.05, 4.69) is 15.5 Å². The Hall–Kier alpha value is -2.68. The van der Waals surface area contributed by atoms with Crippen molar-refractivity contribution in [2.24, 2.45) is 5.92 Å². The van der Waals surface area contributed by atoms with Crippen molar-refractivity contribution in [2.45, 2.75) is 33.1 Å². The molecule has 1 N–H and O–H groups in total. The van der Waals surface area contributed by atoms with Gasteiger partial charge in [0.15, 0.2) is 0 Å². The van der Waals surface area contributed by atoms with Gasteiger partial charge in [-0.25, -0.2) is 4.79 Å². The van der Waals surface area contributed by atoms with Gasteiger partial charge in [-0.3, -0.25) is 4.79 Å². The molecule has 30 heavy (non-hydrogen) atoms. The van der Waals surface area contributed by atoms with Crippen LogP contribution in [0.5, 0.6) is 5.75 Å². The standard InChI is InChI=1S/C21H29N5O3S/c1-4-25(5-2)21(28)26-12-10-15(11-13-26)19(27)22-20-24-23-18(30-20)14-16-8-6-7-9-17(16)29-3/h6-9,15H,4-5,10-14H2,1-3H3,(H,22,24,27). The first-order valence-corrected chi connectivity index (χ1v) is 11.2. The zero-order valence-electron chi connectivity index (χ0n) is 17.8. The van der Waals surface area contributed by atoms with Crippen molar-refractivity contribution in [3.8, 4) is 5.75 Å². The fourth-order valence-corrected chi connectivity index (χ4v) is 4.39. The second kappa shape index (κ2) is 10.4. The Morgan fingerprint density at radius 2 is 1.90 bits per heavy atom. The molecule has 2 heterocycles. The molecule has 1 saturated heterocycles. The number of hydrogen-bond donors (Lipinski definition) is 1. The summed E-state index contributed by atoms with van der Waals surface area (Å²) in [6.07, 6.45) is 1.92. The number of benzene rings is 1. The summed E-state index contributed by atoms with van der Waals surface area (Å²) in [7, 11) is 1.64. The third kappa shape index (κ3) is 5.27. The summed E-state index contributed by atoms with van der Waals surface area (Å²) in [5.41, 5.74) is 1.03. The number of nitrogens with one attached hydrogen (secondary N) is 1. The van der Waals surface area contributed by atoms with E-state index in [0.29, 0.717) is 50.6 Å². The molecule has 0 radical (unpaired) electrons. The summed E-state index contributed by atoms with van der Waals surface area (Å²) in [6, 6.07) is 7.85. The average Bonchev–Trinajstić information content (AvgIpc) is 3.21. The summed E-state index contributed by atoms with van der Waals surface area (Å²) in [4.78, 5) is 28.8. The van der Waals surface area contributed by atoms with Gasteiger partial charge in [-0.2, -0.15) is 0 Å². The second-order valence-corrected chi connectivity index (χ2v) is 8.26. The third-order valence-electron chi connectivity index (χ3n) is 5.40. The van der Waals surface area contributed by atoms with Crippen LogP contribution in [0.3, 0.4) is 0 Å². The van der Waals surface area contributed by atoms with Crippen molar-refractivity contribution in [1.82, 2.24) is 20.0 Å². The van der Waals surface area contributed by atoms with Crippen LogP contribution in [0, 0.1) is 5.92 Å². The maximum Gasteiger partial charge on any atom is 0.319 e. The van der Waals surface area contributed by atoms with Crippen molar-refractivity contribution in [3.05, 3.63) is 34.8 Å². The van der Waals surface area contributed by atoms with Gasteiger partial charge in [0.2, 0.25) is 11.0 Å². The summed E-state index contributed by atoms with van der Waals surface area (Å²) in [5, 5.41) is 12.5. The Morgan fingerprint density at radius 1 is 1.20 bits per heavy atom. The Morgan fingerprint density at radius 3 is 2.57 bits per heavy atom. The molecular weight excluding hydrogens is 402 g/mol. The quantitative estimate of drug-likeness (QED) is 0.727. The van der Waals surface area contributed by atoms with E-state index in [4.69, 9.17) is 4.74 Å². The van der Waals surface area contributed by atoms with Crippen LogP contribution in [0.15, 0.2) is 24.3 Å². The van der Waals surface area contributed by atoms with E-state index in [1.165, 1.54) is 11.3 Å². The molecule has 3 rings (SSSR count). The molecule has 1 aromatic heterocycles. The monoisotopic (exact) mass is 431 g/mol. The van der Waals surface area contributed by atoms with Gasteiger partial charge >= 0.3 is 6.03 Å². The molecule has 0 spiro atoms. The number of urea groups is 1. The highest BCUT2D eigenvalue weighted by molar-refractivity contribution is 7.15. The largest absolute Gasteiger partial charge is 0.496 e. The third-order valence-corrected chi connectivity index (χ3v) is 6.24. The minimum absolute atomic E-state index is 0.0510. The van der Waals surface area contributed by atoms with Crippen molar-refractivity contribution < 1.29 is 14.3 Å². The lowest BCUT2D eigenvalue weighted by Crippen LogP contribution is -2.47. The Balaban J connectivity index is 1.52. The van der Waals surface area contributed by atoms with Crippen molar-refractivity contribution in [2.75, 3.05) is 38.6 Å². The number of aromatic nitrogens is 2. The second-order valence-electron chi connectivity index (χ2n) is 7.20. The van der Waals surface area contributed by atoms with Crippen LogP contribution in [0.2, 0.25) is 0 Å². The Bertz CT molecular complexity index is 860. The smallest absolute Gasteiger partial charge is 0.319 e. The fourth-order valence-electron chi connectivity index (χ4n) is 3.62. The molecule has 9 heteroatoms. The van der Waals surface area contributed by atoms with Crippen LogP contribution >= 0.6 is 11.3 Å². The lowest BCUT2D eigenvalue weighted by Gasteiger charge is -2.34. The van der Waals surface area contributed by atoms with Gasteiger partial charge in [0.05, 0.1) is 7.11 Å². The molecule has 1 aromatic carbocycles. The normalized spacial score (nSPS) is 14.4. The van der Waals surface area contributed by atoms with Crippen LogP contribution in [0.1, 0.15) is 37.3 Å². The first-order chi connectivity index (χ1) is 14.5. The summed E-state index contributed by atoms with van der Waals surface area (Å²) in [5.74, 6) is 0.640. The highest BCUT2D eigenvalue weighted by atomic mass is 32.1. The molecule has 162 valence electrons. The lowest BCUT2D eigenvalue weighted by molar-refractivity contribution is -0.121. The van der Waals surface area contributed by atoms with Gasteiger partial charge < -0.3 is 19.9 Å². The van der Waals surface area contributed by atoms with E-state index in [-0.39, 0.29) is 17.9 Å². The van der Waals surface area contributed by atoms with E-state index in [1.807, 2.05) is 47.9 Å². The molecule has 0 atom stereocenters. The lowest BCUT2D eigenvalue weighted by atomic mass is 9.96. The molecule has 1 fully saturated rings. The fraction of sp³-hybridized carbons (Fsp3) is 0.524. The van der Waals surface area contributed by atoms with Gasteiger partial charge in [0.25, 0.3) is 0 Å². The number of nitrogens with zero attached hydrogens (tertiary/aromatic N) is 4. The number of para-hydroxylation sites is 1. The van der Waals surface area contributed by atoms with Crippen LogP contribution in [-0.2, 0) is 11.2 Å². The van der Waals surface area contributed by atoms with Crippen LogP contribution in [-0.4, -0.2) is 65.2 Å². The number of anilines is 1. The van der Waals surface area contributed by atoms with E-state index in [9.17, 15) is 9.59 Å². The summed E-state index contributed by atoms with van der Waals surface area (Å²) < 4.78 is 5.38. The summed E-state index contributed by atoms with van der Waals surface area (Å²) in [6.45, 7) is 6.55. The van der Waals surface area contributed by atoms with E-state index >= 15 is 0 Å². The number of hydrogen-bond acceptors (Lipinski definition) is 6. The van der Waals surface area contributed by atoms with Crippen LogP contribution < -0.4 is 10.1 Å². The van der Waals surface area contributed by atoms with Gasteiger partial charge in [-0.1, -0.05) is 29.5 Å². The molecule has 0 saturated carbocycles. The number of likely N-dealkylation sites (tertiary alicyclic amines) is 1. The average molecular weight is 432 g/mol. The van der Waals surface area contributed by atoms with E-state index < -0.39 is 0 Å². The van der Waals surface area contributed by atoms with E-state index in [1.54, 1.807) is 7.11 Å². The molecule has 8 nitrogen and oxygen atoms in total. The molecule has 0 aliphatic carbocycles. The minimum atomic E-state index is -0.118. The van der Waals surface area contributed by atoms with Gasteiger partial charge in [0.1, 0.15) is 10.8 Å². The molecule has 0 bridgehead atoms. The van der Waals surface area contributed by atoms with Gasteiger partial charge in [-0.15, -0.1) is 10.2 Å². The zero-order chi connectivity index (χ0) is 21.5. The topological polar surface area (TPSA) is 87.7 Å². The van der Waals surface area contributed by atoms with Crippen LogP contribution in [0.25, 0.3) is 0 Å². The van der Waals surface area contributed by atoms with Crippen LogP contribution in [0.4, 0.5) is 9.93 Å². The molecule has 0 unspecified atom stereocenters. The Labute approximate surface area is 181 Å². The molecular formula is C21H29N5O3S. The molecule has 2 aromatic rings. The first kappa shape index (κ1) is 22.0. The van der Waals surface area contributed by atoms with Crippen molar-refractivity contribution in [3.63, 3.8) is 0 Å². The first-order valence-electron chi connectivity index (χ1n) is 10.3.